The van der Waals surface area contributed by atoms with Crippen molar-refractivity contribution in [3.8, 4) is 0 Å². The largest absolute Gasteiger partial charge is 0.458 e. The molecule has 0 N–H and O–H groups in total. The Kier molecular flexibility index (Phi) is 4.11. The van der Waals surface area contributed by atoms with Gasteiger partial charge in [-0.1, -0.05) is 12.1 Å². The first-order chi connectivity index (χ1) is 12.1. The number of rotatable bonds is 4. The van der Waals surface area contributed by atoms with Gasteiger partial charge in [0.05, 0.1) is 22.4 Å². The molecule has 130 valence electrons. The standard InChI is InChI=1S/C19H21N3O3/c1-12-16(21-15-6-3-2-5-14(15)20-12)11-25-19(24)17-7-4-10-22(17)18(23)13-8-9-13/h2-3,5-6,13,17H,4,7-11H2,1H3/t17-/m1/s1. The highest BCUT2D eigenvalue weighted by molar-refractivity contribution is 5.87. The number of nitrogens with zero attached hydrogens (tertiary/aromatic N) is 3. The maximum Gasteiger partial charge on any atom is 0.329 e. The third kappa shape index (κ3) is 3.21. The predicted molar refractivity (Wildman–Crippen MR) is 91.5 cm³/mol. The van der Waals surface area contributed by atoms with Crippen LogP contribution in [0.1, 0.15) is 37.1 Å². The molecule has 0 unspecified atom stereocenters. The lowest BCUT2D eigenvalue weighted by atomic mass is 10.2. The third-order valence-electron chi connectivity index (χ3n) is 4.93. The summed E-state index contributed by atoms with van der Waals surface area (Å²) in [6.45, 7) is 2.61. The van der Waals surface area contributed by atoms with Gasteiger partial charge in [0.2, 0.25) is 5.91 Å². The molecule has 1 saturated heterocycles. The van der Waals surface area contributed by atoms with Crippen molar-refractivity contribution < 1.29 is 14.3 Å². The van der Waals surface area contributed by atoms with Gasteiger partial charge in [0.25, 0.3) is 0 Å². The van der Waals surface area contributed by atoms with E-state index in [4.69, 9.17) is 4.74 Å². The molecule has 2 aliphatic rings. The van der Waals surface area contributed by atoms with E-state index >= 15 is 0 Å². The summed E-state index contributed by atoms with van der Waals surface area (Å²) in [6, 6.07) is 7.18. The van der Waals surface area contributed by atoms with Crippen LogP contribution in [0.3, 0.4) is 0 Å². The van der Waals surface area contributed by atoms with E-state index in [0.717, 1.165) is 36.0 Å². The number of esters is 1. The van der Waals surface area contributed by atoms with Crippen LogP contribution in [-0.2, 0) is 20.9 Å². The van der Waals surface area contributed by atoms with Gasteiger partial charge >= 0.3 is 5.97 Å². The van der Waals surface area contributed by atoms with Gasteiger partial charge in [-0.15, -0.1) is 0 Å². The number of amides is 1. The molecule has 1 amide bonds. The fourth-order valence-corrected chi connectivity index (χ4v) is 3.34. The maximum atomic E-state index is 12.5. The van der Waals surface area contributed by atoms with Gasteiger partial charge in [-0.2, -0.15) is 0 Å². The van der Waals surface area contributed by atoms with Crippen LogP contribution in [0.15, 0.2) is 24.3 Å². The minimum absolute atomic E-state index is 0.0878. The Morgan fingerprint density at radius 2 is 1.88 bits per heavy atom. The molecule has 2 aromatic rings. The van der Waals surface area contributed by atoms with Crippen LogP contribution in [0.25, 0.3) is 11.0 Å². The van der Waals surface area contributed by atoms with E-state index in [1.54, 1.807) is 4.90 Å². The Morgan fingerprint density at radius 1 is 1.16 bits per heavy atom. The maximum absolute atomic E-state index is 12.5. The highest BCUT2D eigenvalue weighted by Gasteiger charge is 2.41. The smallest absolute Gasteiger partial charge is 0.329 e. The average Bonchev–Trinajstić information content (AvgIpc) is 3.35. The van der Waals surface area contributed by atoms with Crippen molar-refractivity contribution in [1.29, 1.82) is 0 Å². The number of carbonyl (C=O) groups excluding carboxylic acids is 2. The van der Waals surface area contributed by atoms with E-state index in [-0.39, 0.29) is 24.4 Å². The number of aromatic nitrogens is 2. The molecule has 1 aliphatic heterocycles. The molecule has 4 rings (SSSR count). The van der Waals surface area contributed by atoms with Gasteiger partial charge in [-0.05, 0) is 44.7 Å². The number of aryl methyl sites for hydroxylation is 1. The predicted octanol–water partition coefficient (Wildman–Crippen LogP) is 2.38. The molecule has 1 aromatic heterocycles. The molecule has 2 fully saturated rings. The molecule has 6 nitrogen and oxygen atoms in total. The molecular weight excluding hydrogens is 318 g/mol. The molecule has 25 heavy (non-hydrogen) atoms. The van der Waals surface area contributed by atoms with E-state index in [9.17, 15) is 9.59 Å². The summed E-state index contributed by atoms with van der Waals surface area (Å²) in [5.41, 5.74) is 3.02. The number of fused-ring (bicyclic) bond motifs is 1. The average molecular weight is 339 g/mol. The fraction of sp³-hybridized carbons (Fsp3) is 0.474. The SMILES string of the molecule is Cc1nc2ccccc2nc1COC(=O)[C@H]1CCCN1C(=O)C1CC1. The summed E-state index contributed by atoms with van der Waals surface area (Å²) < 4.78 is 5.49. The first-order valence-corrected chi connectivity index (χ1v) is 8.83. The van der Waals surface area contributed by atoms with Gasteiger partial charge in [-0.25, -0.2) is 14.8 Å². The molecule has 1 saturated carbocycles. The fourth-order valence-electron chi connectivity index (χ4n) is 3.34. The Labute approximate surface area is 146 Å². The lowest BCUT2D eigenvalue weighted by molar-refractivity contribution is -0.155. The molecule has 0 radical (unpaired) electrons. The van der Waals surface area contributed by atoms with Gasteiger partial charge in [0.15, 0.2) is 0 Å². The minimum atomic E-state index is -0.443. The summed E-state index contributed by atoms with van der Waals surface area (Å²) in [5, 5.41) is 0. The van der Waals surface area contributed by atoms with E-state index < -0.39 is 6.04 Å². The van der Waals surface area contributed by atoms with Crippen LogP contribution in [0.2, 0.25) is 0 Å². The molecule has 6 heteroatoms. The number of carbonyl (C=O) groups is 2. The molecule has 0 bridgehead atoms. The van der Waals surface area contributed by atoms with Crippen molar-refractivity contribution in [2.24, 2.45) is 5.92 Å². The lowest BCUT2D eigenvalue weighted by Crippen LogP contribution is -2.42. The number of hydrogen-bond acceptors (Lipinski definition) is 5. The minimum Gasteiger partial charge on any atom is -0.458 e. The molecule has 1 aromatic carbocycles. The molecule has 1 aliphatic carbocycles. The van der Waals surface area contributed by atoms with Crippen LogP contribution in [0, 0.1) is 12.8 Å². The zero-order valence-corrected chi connectivity index (χ0v) is 14.3. The quantitative estimate of drug-likeness (QED) is 0.800. The van der Waals surface area contributed by atoms with Crippen LogP contribution in [0.4, 0.5) is 0 Å². The number of hydrogen-bond donors (Lipinski definition) is 0. The molecule has 0 spiro atoms. The van der Waals surface area contributed by atoms with Crippen molar-refractivity contribution in [3.63, 3.8) is 0 Å². The summed E-state index contributed by atoms with van der Waals surface area (Å²) in [5.74, 6) is -0.0935. The lowest BCUT2D eigenvalue weighted by Gasteiger charge is -2.23. The molecule has 2 heterocycles. The Hall–Kier alpha value is -2.50. The molecule has 1 atom stereocenters. The van der Waals surface area contributed by atoms with Crippen molar-refractivity contribution in [2.75, 3.05) is 6.54 Å². The monoisotopic (exact) mass is 339 g/mol. The van der Waals surface area contributed by atoms with Gasteiger partial charge < -0.3 is 9.64 Å². The zero-order chi connectivity index (χ0) is 17.4. The van der Waals surface area contributed by atoms with Gasteiger partial charge in [0.1, 0.15) is 12.6 Å². The highest BCUT2D eigenvalue weighted by Crippen LogP contribution is 2.34. The molecular formula is C19H21N3O3. The Balaban J connectivity index is 1.44. The van der Waals surface area contributed by atoms with Crippen molar-refractivity contribution in [3.05, 3.63) is 35.7 Å². The number of para-hydroxylation sites is 2. The summed E-state index contributed by atoms with van der Waals surface area (Å²) >= 11 is 0. The highest BCUT2D eigenvalue weighted by atomic mass is 16.5. The third-order valence-corrected chi connectivity index (χ3v) is 4.93. The van der Waals surface area contributed by atoms with E-state index in [0.29, 0.717) is 18.7 Å². The van der Waals surface area contributed by atoms with Crippen LogP contribution < -0.4 is 0 Å². The number of ether oxygens (including phenoxy) is 1. The van der Waals surface area contributed by atoms with E-state index in [2.05, 4.69) is 9.97 Å². The van der Waals surface area contributed by atoms with Crippen molar-refractivity contribution in [2.45, 2.75) is 45.3 Å². The first-order valence-electron chi connectivity index (χ1n) is 8.83. The first kappa shape index (κ1) is 16.0. The number of benzene rings is 1. The van der Waals surface area contributed by atoms with Crippen LogP contribution >= 0.6 is 0 Å². The second-order valence-electron chi connectivity index (χ2n) is 6.82. The summed E-state index contributed by atoms with van der Waals surface area (Å²) in [4.78, 5) is 35.5. The van der Waals surface area contributed by atoms with Crippen LogP contribution in [0.5, 0.6) is 0 Å². The van der Waals surface area contributed by atoms with E-state index in [1.807, 2.05) is 31.2 Å². The Bertz CT molecular complexity index is 832. The van der Waals surface area contributed by atoms with Crippen molar-refractivity contribution in [1.82, 2.24) is 14.9 Å². The Morgan fingerprint density at radius 3 is 2.60 bits per heavy atom. The van der Waals surface area contributed by atoms with E-state index in [1.165, 1.54) is 0 Å². The zero-order valence-electron chi connectivity index (χ0n) is 14.3. The second kappa shape index (κ2) is 6.43. The summed E-state index contributed by atoms with van der Waals surface area (Å²) in [7, 11) is 0. The normalized spacial score (nSPS) is 20.0. The van der Waals surface area contributed by atoms with Gasteiger partial charge in [-0.3, -0.25) is 4.79 Å². The van der Waals surface area contributed by atoms with Crippen LogP contribution in [-0.4, -0.2) is 39.3 Å². The topological polar surface area (TPSA) is 72.4 Å². The van der Waals surface area contributed by atoms with Gasteiger partial charge in [0, 0.05) is 12.5 Å². The van der Waals surface area contributed by atoms with Crippen molar-refractivity contribution >= 4 is 22.9 Å². The number of likely N-dealkylation sites (tertiary alicyclic amines) is 1. The summed E-state index contributed by atoms with van der Waals surface area (Å²) in [6.07, 6.45) is 3.43. The second-order valence-corrected chi connectivity index (χ2v) is 6.82.